The predicted molar refractivity (Wildman–Crippen MR) is 48.5 cm³/mol. The molecule has 0 aliphatic carbocycles. The summed E-state index contributed by atoms with van der Waals surface area (Å²) in [7, 11) is 0. The molecule has 4 N–H and O–H groups in total. The van der Waals surface area contributed by atoms with Crippen molar-refractivity contribution in [3.63, 3.8) is 0 Å². The first-order valence-electron chi connectivity index (χ1n) is 3.45. The molecule has 1 rings (SSSR count). The summed E-state index contributed by atoms with van der Waals surface area (Å²) in [5.74, 6) is 0. The molecule has 0 amide bonds. The van der Waals surface area contributed by atoms with E-state index >= 15 is 0 Å². The lowest BCUT2D eigenvalue weighted by atomic mass is 10.4. The fourth-order valence-corrected chi connectivity index (χ4v) is 0.717. The molecule has 0 bridgehead atoms. The molecule has 0 fully saturated rings. The van der Waals surface area contributed by atoms with Gasteiger partial charge in [0.25, 0.3) is 0 Å². The van der Waals surface area contributed by atoms with Crippen LogP contribution in [0.2, 0.25) is 0 Å². The number of rotatable bonds is 2. The van der Waals surface area contributed by atoms with Crippen molar-refractivity contribution in [1.82, 2.24) is 9.97 Å². The number of nitrogens with zero attached hydrogens (tertiary/aromatic N) is 2. The molecule has 0 aromatic carbocycles. The van der Waals surface area contributed by atoms with Crippen LogP contribution in [0.4, 0.5) is 0 Å². The fraction of sp³-hybridized carbons (Fsp3) is 0. The molecule has 0 radical (unpaired) electrons. The topological polar surface area (TPSA) is 77.8 Å². The summed E-state index contributed by atoms with van der Waals surface area (Å²) >= 11 is 0. The Balaban J connectivity index is 2.85. The van der Waals surface area contributed by atoms with Gasteiger partial charge < -0.3 is 11.5 Å². The highest BCUT2D eigenvalue weighted by atomic mass is 14.8. The van der Waals surface area contributed by atoms with E-state index in [0.29, 0.717) is 0 Å². The van der Waals surface area contributed by atoms with Gasteiger partial charge >= 0.3 is 0 Å². The lowest BCUT2D eigenvalue weighted by molar-refractivity contribution is 1.16. The Bertz CT molecular complexity index is 255. The van der Waals surface area contributed by atoms with Crippen LogP contribution >= 0.6 is 0 Å². The summed E-state index contributed by atoms with van der Waals surface area (Å²) in [6.07, 6.45) is 9.42. The fourth-order valence-electron chi connectivity index (χ4n) is 0.717. The predicted octanol–water partition coefficient (Wildman–Crippen LogP) is 0.335. The Morgan fingerprint density at radius 2 is 1.33 bits per heavy atom. The SMILES string of the molecule is N/C=C/c1cnc(/C=C/N)cn1. The molecule has 0 aliphatic rings. The molecule has 1 aromatic heterocycles. The molecule has 1 aromatic rings. The van der Waals surface area contributed by atoms with E-state index in [1.165, 1.54) is 12.4 Å². The maximum absolute atomic E-state index is 5.17. The van der Waals surface area contributed by atoms with Crippen LogP contribution in [0.3, 0.4) is 0 Å². The second-order valence-corrected chi connectivity index (χ2v) is 2.08. The zero-order valence-corrected chi connectivity index (χ0v) is 6.51. The van der Waals surface area contributed by atoms with Gasteiger partial charge in [0.1, 0.15) is 0 Å². The smallest absolute Gasteiger partial charge is 0.0827 e. The minimum Gasteiger partial charge on any atom is -0.405 e. The molecule has 0 saturated heterocycles. The third kappa shape index (κ3) is 2.09. The molecule has 4 heteroatoms. The average Bonchev–Trinajstić information content (AvgIpc) is 2.09. The first kappa shape index (κ1) is 8.26. The highest BCUT2D eigenvalue weighted by Gasteiger charge is 1.89. The highest BCUT2D eigenvalue weighted by Crippen LogP contribution is 1.97. The van der Waals surface area contributed by atoms with Gasteiger partial charge in [0, 0.05) is 0 Å². The molecular formula is C8H10N4. The summed E-state index contributed by atoms with van der Waals surface area (Å²) < 4.78 is 0. The van der Waals surface area contributed by atoms with E-state index in [1.54, 1.807) is 24.5 Å². The molecule has 1 heterocycles. The van der Waals surface area contributed by atoms with E-state index in [9.17, 15) is 0 Å². The Hall–Kier alpha value is -1.84. The van der Waals surface area contributed by atoms with Crippen LogP contribution in [0.15, 0.2) is 24.8 Å². The number of hydrogen-bond donors (Lipinski definition) is 2. The third-order valence-electron chi connectivity index (χ3n) is 1.23. The van der Waals surface area contributed by atoms with Gasteiger partial charge in [-0.15, -0.1) is 0 Å². The molecule has 4 nitrogen and oxygen atoms in total. The van der Waals surface area contributed by atoms with Crippen molar-refractivity contribution in [2.75, 3.05) is 0 Å². The quantitative estimate of drug-likeness (QED) is 0.657. The van der Waals surface area contributed by atoms with Crippen LogP contribution in [-0.4, -0.2) is 9.97 Å². The van der Waals surface area contributed by atoms with Crippen molar-refractivity contribution in [2.24, 2.45) is 11.5 Å². The maximum Gasteiger partial charge on any atom is 0.0827 e. The van der Waals surface area contributed by atoms with Crippen molar-refractivity contribution < 1.29 is 0 Å². The van der Waals surface area contributed by atoms with Gasteiger partial charge in [0.15, 0.2) is 0 Å². The van der Waals surface area contributed by atoms with E-state index in [2.05, 4.69) is 9.97 Å². The van der Waals surface area contributed by atoms with Crippen molar-refractivity contribution in [2.45, 2.75) is 0 Å². The lowest BCUT2D eigenvalue weighted by Crippen LogP contribution is -1.88. The maximum atomic E-state index is 5.17. The van der Waals surface area contributed by atoms with Crippen molar-refractivity contribution >= 4 is 12.2 Å². The second kappa shape index (κ2) is 4.12. The van der Waals surface area contributed by atoms with E-state index in [4.69, 9.17) is 11.5 Å². The standard InChI is InChI=1S/C8H10N4/c9-3-1-7-5-12-8(2-4-10)6-11-7/h1-6H,9-10H2/b3-1+,4-2+. The molecule has 0 atom stereocenters. The highest BCUT2D eigenvalue weighted by molar-refractivity contribution is 5.46. The molecule has 62 valence electrons. The Kier molecular flexibility index (Phi) is 2.84. The van der Waals surface area contributed by atoms with Crippen molar-refractivity contribution in [1.29, 1.82) is 0 Å². The Labute approximate surface area is 70.6 Å². The lowest BCUT2D eigenvalue weighted by Gasteiger charge is -1.92. The van der Waals surface area contributed by atoms with Gasteiger partial charge in [-0.2, -0.15) is 0 Å². The van der Waals surface area contributed by atoms with E-state index in [1.807, 2.05) is 0 Å². The van der Waals surface area contributed by atoms with E-state index in [-0.39, 0.29) is 0 Å². The van der Waals surface area contributed by atoms with Gasteiger partial charge in [0.05, 0.1) is 23.8 Å². The summed E-state index contributed by atoms with van der Waals surface area (Å²) in [4.78, 5) is 8.10. The number of aromatic nitrogens is 2. The second-order valence-electron chi connectivity index (χ2n) is 2.08. The molecule has 0 aliphatic heterocycles. The zero-order valence-electron chi connectivity index (χ0n) is 6.51. The summed E-state index contributed by atoms with van der Waals surface area (Å²) in [6.45, 7) is 0. The minimum atomic E-state index is 0.728. The summed E-state index contributed by atoms with van der Waals surface area (Å²) in [5.41, 5.74) is 11.8. The first-order chi connectivity index (χ1) is 5.86. The van der Waals surface area contributed by atoms with Crippen LogP contribution in [0.1, 0.15) is 11.4 Å². The van der Waals surface area contributed by atoms with Crippen LogP contribution in [0, 0.1) is 0 Å². The zero-order chi connectivity index (χ0) is 8.81. The van der Waals surface area contributed by atoms with Gasteiger partial charge in [-0.1, -0.05) is 0 Å². The van der Waals surface area contributed by atoms with Gasteiger partial charge in [-0.25, -0.2) is 0 Å². The summed E-state index contributed by atoms with van der Waals surface area (Å²) in [6, 6.07) is 0. The van der Waals surface area contributed by atoms with Crippen LogP contribution in [0.25, 0.3) is 12.2 Å². The van der Waals surface area contributed by atoms with Crippen LogP contribution in [-0.2, 0) is 0 Å². The Morgan fingerprint density at radius 1 is 0.917 bits per heavy atom. The first-order valence-corrected chi connectivity index (χ1v) is 3.45. The molecule has 0 unspecified atom stereocenters. The number of hydrogen-bond acceptors (Lipinski definition) is 4. The van der Waals surface area contributed by atoms with Crippen molar-refractivity contribution in [3.8, 4) is 0 Å². The molecule has 0 saturated carbocycles. The van der Waals surface area contributed by atoms with Crippen molar-refractivity contribution in [3.05, 3.63) is 36.2 Å². The average molecular weight is 162 g/mol. The van der Waals surface area contributed by atoms with Gasteiger partial charge in [-0.3, -0.25) is 9.97 Å². The largest absolute Gasteiger partial charge is 0.405 e. The van der Waals surface area contributed by atoms with E-state index < -0.39 is 0 Å². The number of nitrogens with two attached hydrogens (primary N) is 2. The monoisotopic (exact) mass is 162 g/mol. The molecular weight excluding hydrogens is 152 g/mol. The molecule has 12 heavy (non-hydrogen) atoms. The van der Waals surface area contributed by atoms with E-state index in [0.717, 1.165) is 11.4 Å². The summed E-state index contributed by atoms with van der Waals surface area (Å²) in [5, 5.41) is 0. The minimum absolute atomic E-state index is 0.728. The van der Waals surface area contributed by atoms with Crippen LogP contribution < -0.4 is 11.5 Å². The van der Waals surface area contributed by atoms with Crippen LogP contribution in [0.5, 0.6) is 0 Å². The molecule has 0 spiro atoms. The van der Waals surface area contributed by atoms with Gasteiger partial charge in [0.2, 0.25) is 0 Å². The Morgan fingerprint density at radius 3 is 1.58 bits per heavy atom. The van der Waals surface area contributed by atoms with Gasteiger partial charge in [-0.05, 0) is 24.6 Å². The third-order valence-corrected chi connectivity index (χ3v) is 1.23. The normalized spacial score (nSPS) is 11.3.